The molecule has 0 aliphatic heterocycles. The van der Waals surface area contributed by atoms with Crippen molar-refractivity contribution in [1.82, 2.24) is 4.90 Å². The molecule has 0 unspecified atom stereocenters. The van der Waals surface area contributed by atoms with Crippen LogP contribution in [0.2, 0.25) is 0 Å². The topological polar surface area (TPSA) is 46.6 Å². The Kier molecular flexibility index (Phi) is 5.33. The number of nitrogens with zero attached hydrogens (tertiary/aromatic N) is 1. The summed E-state index contributed by atoms with van der Waals surface area (Å²) >= 11 is 3.06. The number of rotatable bonds is 4. The number of methoxy groups -OCH3 is 1. The lowest BCUT2D eigenvalue weighted by atomic mass is 10.1. The summed E-state index contributed by atoms with van der Waals surface area (Å²) in [6.07, 6.45) is 3.79. The highest BCUT2D eigenvalue weighted by atomic mass is 79.9. The highest BCUT2D eigenvalue weighted by molar-refractivity contribution is 9.10. The maximum absolute atomic E-state index is 13.6. The van der Waals surface area contributed by atoms with Crippen LogP contribution in [0.15, 0.2) is 22.7 Å². The predicted molar refractivity (Wildman–Crippen MR) is 79.4 cm³/mol. The molecule has 1 amide bonds. The van der Waals surface area contributed by atoms with Gasteiger partial charge in [0.1, 0.15) is 12.4 Å². The summed E-state index contributed by atoms with van der Waals surface area (Å²) in [5.41, 5.74) is 0.242. The zero-order valence-corrected chi connectivity index (χ0v) is 13.4. The molecule has 1 saturated carbocycles. The first kappa shape index (κ1) is 15.9. The molecule has 0 saturated heterocycles. The summed E-state index contributed by atoms with van der Waals surface area (Å²) in [6.45, 7) is -0.0995. The summed E-state index contributed by atoms with van der Waals surface area (Å²) in [5.74, 6) is -1.29. The Morgan fingerprint density at radius 2 is 2.05 bits per heavy atom. The average molecular weight is 358 g/mol. The fourth-order valence-electron chi connectivity index (χ4n) is 2.58. The van der Waals surface area contributed by atoms with Gasteiger partial charge in [-0.1, -0.05) is 12.8 Å². The molecule has 0 spiro atoms. The van der Waals surface area contributed by atoms with Crippen molar-refractivity contribution in [2.24, 2.45) is 0 Å². The maximum Gasteiger partial charge on any atom is 0.325 e. The van der Waals surface area contributed by atoms with Crippen LogP contribution in [0.3, 0.4) is 0 Å². The molecule has 0 radical (unpaired) electrons. The van der Waals surface area contributed by atoms with Crippen LogP contribution in [0.4, 0.5) is 4.39 Å². The third-order valence-corrected chi connectivity index (χ3v) is 4.36. The zero-order valence-electron chi connectivity index (χ0n) is 11.8. The highest BCUT2D eigenvalue weighted by Gasteiger charge is 2.29. The summed E-state index contributed by atoms with van der Waals surface area (Å²) in [7, 11) is 1.29. The Labute approximate surface area is 131 Å². The lowest BCUT2D eigenvalue weighted by molar-refractivity contribution is -0.141. The van der Waals surface area contributed by atoms with Crippen LogP contribution in [0.25, 0.3) is 0 Å². The van der Waals surface area contributed by atoms with Gasteiger partial charge in [-0.25, -0.2) is 4.39 Å². The van der Waals surface area contributed by atoms with E-state index in [0.717, 1.165) is 25.7 Å². The molecular weight excluding hydrogens is 341 g/mol. The Bertz CT molecular complexity index is 544. The van der Waals surface area contributed by atoms with Crippen LogP contribution in [0, 0.1) is 5.82 Å². The minimum Gasteiger partial charge on any atom is -0.468 e. The molecule has 0 N–H and O–H groups in total. The Hall–Kier alpha value is -1.43. The van der Waals surface area contributed by atoms with Gasteiger partial charge < -0.3 is 9.64 Å². The zero-order chi connectivity index (χ0) is 15.4. The monoisotopic (exact) mass is 357 g/mol. The summed E-state index contributed by atoms with van der Waals surface area (Å²) in [4.78, 5) is 25.6. The maximum atomic E-state index is 13.6. The van der Waals surface area contributed by atoms with Crippen LogP contribution in [0.1, 0.15) is 36.0 Å². The van der Waals surface area contributed by atoms with Crippen molar-refractivity contribution in [3.8, 4) is 0 Å². The Morgan fingerprint density at radius 1 is 1.38 bits per heavy atom. The number of esters is 1. The lowest BCUT2D eigenvalue weighted by Gasteiger charge is -2.28. The number of amides is 1. The van der Waals surface area contributed by atoms with E-state index in [0.29, 0.717) is 4.47 Å². The van der Waals surface area contributed by atoms with E-state index in [1.54, 1.807) is 6.07 Å². The number of hydrogen-bond acceptors (Lipinski definition) is 3. The molecule has 0 heterocycles. The van der Waals surface area contributed by atoms with E-state index in [4.69, 9.17) is 0 Å². The van der Waals surface area contributed by atoms with E-state index in [2.05, 4.69) is 20.7 Å². The smallest absolute Gasteiger partial charge is 0.325 e. The van der Waals surface area contributed by atoms with Gasteiger partial charge in [0.25, 0.3) is 5.91 Å². The van der Waals surface area contributed by atoms with Gasteiger partial charge in [0, 0.05) is 11.6 Å². The fraction of sp³-hybridized carbons (Fsp3) is 0.467. The standard InChI is InChI=1S/C15H17BrFNO3/c1-21-14(19)9-18(11-4-2-3-5-11)15(20)10-6-7-12(16)13(17)8-10/h6-8,11H,2-5,9H2,1H3. The molecule has 1 aliphatic carbocycles. The molecule has 1 aliphatic rings. The SMILES string of the molecule is COC(=O)CN(C(=O)c1ccc(Br)c(F)c1)C1CCCC1. The summed E-state index contributed by atoms with van der Waals surface area (Å²) < 4.78 is 18.6. The van der Waals surface area contributed by atoms with E-state index < -0.39 is 11.8 Å². The Morgan fingerprint density at radius 3 is 2.62 bits per heavy atom. The third-order valence-electron chi connectivity index (χ3n) is 3.72. The fourth-order valence-corrected chi connectivity index (χ4v) is 2.83. The number of benzene rings is 1. The molecule has 1 aromatic rings. The van der Waals surface area contributed by atoms with Gasteiger partial charge in [0.05, 0.1) is 11.6 Å². The molecule has 114 valence electrons. The molecule has 1 fully saturated rings. The quantitative estimate of drug-likeness (QED) is 0.777. The van der Waals surface area contributed by atoms with Gasteiger partial charge >= 0.3 is 5.97 Å². The first-order valence-corrected chi connectivity index (χ1v) is 7.65. The minimum atomic E-state index is -0.495. The second-order valence-electron chi connectivity index (χ2n) is 5.08. The molecule has 0 atom stereocenters. The predicted octanol–water partition coefficient (Wildman–Crippen LogP) is 3.15. The lowest BCUT2D eigenvalue weighted by Crippen LogP contribution is -2.42. The van der Waals surface area contributed by atoms with Crippen molar-refractivity contribution in [1.29, 1.82) is 0 Å². The molecule has 6 heteroatoms. The second kappa shape index (κ2) is 7.02. The normalized spacial score (nSPS) is 15.0. The van der Waals surface area contributed by atoms with Gasteiger partial charge in [0.15, 0.2) is 0 Å². The van der Waals surface area contributed by atoms with E-state index in [9.17, 15) is 14.0 Å². The van der Waals surface area contributed by atoms with Crippen molar-refractivity contribution in [3.05, 3.63) is 34.1 Å². The van der Waals surface area contributed by atoms with Crippen LogP contribution < -0.4 is 0 Å². The van der Waals surface area contributed by atoms with Crippen molar-refractivity contribution in [2.75, 3.05) is 13.7 Å². The van der Waals surface area contributed by atoms with Crippen molar-refractivity contribution >= 4 is 27.8 Å². The second-order valence-corrected chi connectivity index (χ2v) is 5.93. The van der Waals surface area contributed by atoms with Gasteiger partial charge in [-0.3, -0.25) is 9.59 Å². The van der Waals surface area contributed by atoms with Crippen LogP contribution in [0.5, 0.6) is 0 Å². The number of carbonyl (C=O) groups is 2. The number of carbonyl (C=O) groups excluding carboxylic acids is 2. The first-order valence-electron chi connectivity index (χ1n) is 6.85. The van der Waals surface area contributed by atoms with E-state index in [1.165, 1.54) is 24.1 Å². The van der Waals surface area contributed by atoms with Gasteiger partial charge in [-0.15, -0.1) is 0 Å². The average Bonchev–Trinajstić information content (AvgIpc) is 3.00. The van der Waals surface area contributed by atoms with E-state index in [-0.39, 0.29) is 24.1 Å². The number of halogens is 2. The molecular formula is C15H17BrFNO3. The summed E-state index contributed by atoms with van der Waals surface area (Å²) in [5, 5.41) is 0. The van der Waals surface area contributed by atoms with Gasteiger partial charge in [-0.05, 0) is 47.0 Å². The van der Waals surface area contributed by atoms with Crippen LogP contribution in [-0.2, 0) is 9.53 Å². The molecule has 1 aromatic carbocycles. The van der Waals surface area contributed by atoms with Crippen molar-refractivity contribution < 1.29 is 18.7 Å². The molecule has 21 heavy (non-hydrogen) atoms. The number of ether oxygens (including phenoxy) is 1. The highest BCUT2D eigenvalue weighted by Crippen LogP contribution is 2.26. The van der Waals surface area contributed by atoms with E-state index in [1.807, 2.05) is 0 Å². The van der Waals surface area contributed by atoms with Crippen LogP contribution in [-0.4, -0.2) is 36.5 Å². The van der Waals surface area contributed by atoms with Crippen molar-refractivity contribution in [3.63, 3.8) is 0 Å². The molecule has 4 nitrogen and oxygen atoms in total. The first-order chi connectivity index (χ1) is 10.0. The molecule has 0 aromatic heterocycles. The van der Waals surface area contributed by atoms with Gasteiger partial charge in [0.2, 0.25) is 0 Å². The third kappa shape index (κ3) is 3.81. The largest absolute Gasteiger partial charge is 0.468 e. The summed E-state index contributed by atoms with van der Waals surface area (Å²) in [6, 6.07) is 4.25. The molecule has 0 bridgehead atoms. The Balaban J connectivity index is 2.23. The van der Waals surface area contributed by atoms with Crippen molar-refractivity contribution in [2.45, 2.75) is 31.7 Å². The minimum absolute atomic E-state index is 0.0170. The van der Waals surface area contributed by atoms with E-state index >= 15 is 0 Å². The van der Waals surface area contributed by atoms with Crippen LogP contribution >= 0.6 is 15.9 Å². The molecule has 2 rings (SSSR count). The number of hydrogen-bond donors (Lipinski definition) is 0. The van der Waals surface area contributed by atoms with Gasteiger partial charge in [-0.2, -0.15) is 0 Å².